The maximum atomic E-state index is 12.7. The quantitative estimate of drug-likeness (QED) is 0.539. The van der Waals surface area contributed by atoms with Gasteiger partial charge in [0, 0.05) is 37.8 Å². The van der Waals surface area contributed by atoms with E-state index in [4.69, 9.17) is 9.47 Å². The molecule has 0 N–H and O–H groups in total. The molecule has 0 atom stereocenters. The number of amides is 1. The van der Waals surface area contributed by atoms with Crippen LogP contribution in [0.15, 0.2) is 60.7 Å². The van der Waals surface area contributed by atoms with Gasteiger partial charge in [0.25, 0.3) is 0 Å². The molecular formula is C26H28N4O3. The van der Waals surface area contributed by atoms with Crippen molar-refractivity contribution in [2.45, 2.75) is 6.92 Å². The van der Waals surface area contributed by atoms with Crippen molar-refractivity contribution < 1.29 is 14.3 Å². The molecule has 0 aliphatic carbocycles. The number of rotatable bonds is 6. The summed E-state index contributed by atoms with van der Waals surface area (Å²) in [6.07, 6.45) is 3.40. The highest BCUT2D eigenvalue weighted by molar-refractivity contribution is 5.92. The molecule has 0 unspecified atom stereocenters. The molecule has 33 heavy (non-hydrogen) atoms. The third-order valence-electron chi connectivity index (χ3n) is 5.81. The number of methoxy groups -OCH3 is 2. The van der Waals surface area contributed by atoms with Crippen molar-refractivity contribution >= 4 is 17.8 Å². The summed E-state index contributed by atoms with van der Waals surface area (Å²) >= 11 is 0. The summed E-state index contributed by atoms with van der Waals surface area (Å²) in [7, 11) is 3.19. The SMILES string of the molecule is COc1ccc(/C=C/C(=O)N2CCN(c3ccc(-c4ccccc4C)nn3)CC2)cc1OC. The van der Waals surface area contributed by atoms with Crippen molar-refractivity contribution in [3.63, 3.8) is 0 Å². The molecule has 3 aromatic rings. The molecule has 1 amide bonds. The monoisotopic (exact) mass is 444 g/mol. The van der Waals surface area contributed by atoms with Crippen molar-refractivity contribution in [2.24, 2.45) is 0 Å². The highest BCUT2D eigenvalue weighted by atomic mass is 16.5. The van der Waals surface area contributed by atoms with Crippen LogP contribution in [0.25, 0.3) is 17.3 Å². The fourth-order valence-corrected chi connectivity index (χ4v) is 3.88. The second-order valence-electron chi connectivity index (χ2n) is 7.85. The number of carbonyl (C=O) groups is 1. The first-order valence-electron chi connectivity index (χ1n) is 10.9. The number of nitrogens with zero attached hydrogens (tertiary/aromatic N) is 4. The number of carbonyl (C=O) groups excluding carboxylic acids is 1. The first-order valence-corrected chi connectivity index (χ1v) is 10.9. The minimum absolute atomic E-state index is 0.00887. The van der Waals surface area contributed by atoms with E-state index in [-0.39, 0.29) is 5.91 Å². The molecule has 1 fully saturated rings. The lowest BCUT2D eigenvalue weighted by molar-refractivity contribution is -0.126. The molecule has 0 saturated carbocycles. The number of benzene rings is 2. The first-order chi connectivity index (χ1) is 16.1. The largest absolute Gasteiger partial charge is 0.493 e. The van der Waals surface area contributed by atoms with Crippen LogP contribution in [0.2, 0.25) is 0 Å². The highest BCUT2D eigenvalue weighted by Crippen LogP contribution is 2.28. The minimum atomic E-state index is -0.00887. The molecule has 1 aromatic heterocycles. The Balaban J connectivity index is 1.34. The molecule has 7 heteroatoms. The predicted octanol–water partition coefficient (Wildman–Crippen LogP) is 3.83. The number of piperazine rings is 1. The Morgan fingerprint density at radius 2 is 1.67 bits per heavy atom. The second-order valence-corrected chi connectivity index (χ2v) is 7.85. The Morgan fingerprint density at radius 1 is 0.909 bits per heavy atom. The zero-order valence-electron chi connectivity index (χ0n) is 19.2. The zero-order chi connectivity index (χ0) is 23.2. The summed E-state index contributed by atoms with van der Waals surface area (Å²) in [5.41, 5.74) is 4.01. The number of anilines is 1. The third-order valence-corrected chi connectivity index (χ3v) is 5.81. The molecular weight excluding hydrogens is 416 g/mol. The normalized spacial score (nSPS) is 13.9. The molecule has 2 heterocycles. The van der Waals surface area contributed by atoms with Crippen LogP contribution in [0.4, 0.5) is 5.82 Å². The summed E-state index contributed by atoms with van der Waals surface area (Å²) in [5, 5.41) is 8.86. The van der Waals surface area contributed by atoms with E-state index in [1.54, 1.807) is 26.4 Å². The molecule has 2 aromatic carbocycles. The smallest absolute Gasteiger partial charge is 0.246 e. The maximum Gasteiger partial charge on any atom is 0.246 e. The molecule has 1 saturated heterocycles. The topological polar surface area (TPSA) is 67.8 Å². The average Bonchev–Trinajstić information content (AvgIpc) is 2.87. The fraction of sp³-hybridized carbons (Fsp3) is 0.269. The number of hydrogen-bond donors (Lipinski definition) is 0. The van der Waals surface area contributed by atoms with Gasteiger partial charge in [-0.15, -0.1) is 10.2 Å². The lowest BCUT2D eigenvalue weighted by atomic mass is 10.1. The second kappa shape index (κ2) is 10.2. The first kappa shape index (κ1) is 22.3. The van der Waals surface area contributed by atoms with Gasteiger partial charge in [-0.2, -0.15) is 0 Å². The van der Waals surface area contributed by atoms with Crippen LogP contribution in [-0.4, -0.2) is 61.4 Å². The van der Waals surface area contributed by atoms with Gasteiger partial charge >= 0.3 is 0 Å². The number of hydrogen-bond acceptors (Lipinski definition) is 6. The van der Waals surface area contributed by atoms with Gasteiger partial charge in [-0.1, -0.05) is 30.3 Å². The molecule has 0 radical (unpaired) electrons. The molecule has 0 spiro atoms. The lowest BCUT2D eigenvalue weighted by Gasteiger charge is -2.34. The number of aryl methyl sites for hydroxylation is 1. The molecule has 1 aliphatic heterocycles. The van der Waals surface area contributed by atoms with Gasteiger partial charge in [0.05, 0.1) is 19.9 Å². The van der Waals surface area contributed by atoms with E-state index in [1.807, 2.05) is 47.4 Å². The van der Waals surface area contributed by atoms with Crippen molar-refractivity contribution in [2.75, 3.05) is 45.3 Å². The molecule has 4 rings (SSSR count). The Hall–Kier alpha value is -3.87. The number of aromatic nitrogens is 2. The van der Waals surface area contributed by atoms with E-state index in [0.29, 0.717) is 37.7 Å². The van der Waals surface area contributed by atoms with Crippen molar-refractivity contribution in [1.29, 1.82) is 0 Å². The van der Waals surface area contributed by atoms with E-state index in [2.05, 4.69) is 34.2 Å². The summed E-state index contributed by atoms with van der Waals surface area (Å²) < 4.78 is 10.6. The van der Waals surface area contributed by atoms with Crippen LogP contribution in [0.5, 0.6) is 11.5 Å². The standard InChI is InChI=1S/C26H28N4O3/c1-19-6-4-5-7-21(19)22-10-12-25(28-27-22)29-14-16-30(17-15-29)26(31)13-9-20-8-11-23(32-2)24(18-20)33-3/h4-13,18H,14-17H2,1-3H3/b13-9+. The van der Waals surface area contributed by atoms with Gasteiger partial charge < -0.3 is 19.3 Å². The van der Waals surface area contributed by atoms with Gasteiger partial charge in [0.15, 0.2) is 17.3 Å². The van der Waals surface area contributed by atoms with Crippen LogP contribution >= 0.6 is 0 Å². The maximum absolute atomic E-state index is 12.7. The Kier molecular flexibility index (Phi) is 6.88. The van der Waals surface area contributed by atoms with Crippen molar-refractivity contribution in [3.05, 3.63) is 71.8 Å². The zero-order valence-corrected chi connectivity index (χ0v) is 19.2. The van der Waals surface area contributed by atoms with E-state index < -0.39 is 0 Å². The minimum Gasteiger partial charge on any atom is -0.493 e. The van der Waals surface area contributed by atoms with Crippen LogP contribution in [0.3, 0.4) is 0 Å². The molecule has 7 nitrogen and oxygen atoms in total. The van der Waals surface area contributed by atoms with Crippen LogP contribution in [-0.2, 0) is 4.79 Å². The molecule has 0 bridgehead atoms. The molecule has 1 aliphatic rings. The van der Waals surface area contributed by atoms with E-state index >= 15 is 0 Å². The van der Waals surface area contributed by atoms with Gasteiger partial charge in [-0.3, -0.25) is 4.79 Å². The predicted molar refractivity (Wildman–Crippen MR) is 130 cm³/mol. The Bertz CT molecular complexity index is 1140. The fourth-order valence-electron chi connectivity index (χ4n) is 3.88. The average molecular weight is 445 g/mol. The summed E-state index contributed by atoms with van der Waals surface area (Å²) in [6, 6.07) is 17.7. The Morgan fingerprint density at radius 3 is 2.33 bits per heavy atom. The summed E-state index contributed by atoms with van der Waals surface area (Å²) in [5.74, 6) is 2.12. The third kappa shape index (κ3) is 5.14. The van der Waals surface area contributed by atoms with Gasteiger partial charge in [0.1, 0.15) is 0 Å². The lowest BCUT2D eigenvalue weighted by Crippen LogP contribution is -2.48. The van der Waals surface area contributed by atoms with Crippen molar-refractivity contribution in [3.8, 4) is 22.8 Å². The van der Waals surface area contributed by atoms with E-state index in [1.165, 1.54) is 5.56 Å². The van der Waals surface area contributed by atoms with E-state index in [9.17, 15) is 4.79 Å². The van der Waals surface area contributed by atoms with Crippen LogP contribution in [0, 0.1) is 6.92 Å². The highest BCUT2D eigenvalue weighted by Gasteiger charge is 2.21. The van der Waals surface area contributed by atoms with Crippen LogP contribution < -0.4 is 14.4 Å². The van der Waals surface area contributed by atoms with Gasteiger partial charge in [-0.05, 0) is 48.4 Å². The summed E-state index contributed by atoms with van der Waals surface area (Å²) in [4.78, 5) is 16.7. The van der Waals surface area contributed by atoms with E-state index in [0.717, 1.165) is 22.6 Å². The van der Waals surface area contributed by atoms with Gasteiger partial charge in [-0.25, -0.2) is 0 Å². The summed E-state index contributed by atoms with van der Waals surface area (Å²) in [6.45, 7) is 4.77. The van der Waals surface area contributed by atoms with Crippen molar-refractivity contribution in [1.82, 2.24) is 15.1 Å². The van der Waals surface area contributed by atoms with Crippen LogP contribution in [0.1, 0.15) is 11.1 Å². The van der Waals surface area contributed by atoms with Gasteiger partial charge in [0.2, 0.25) is 5.91 Å². The molecule has 170 valence electrons. The Labute approximate surface area is 194 Å². The number of ether oxygens (including phenoxy) is 2.